The first-order chi connectivity index (χ1) is 10.4. The van der Waals surface area contributed by atoms with Crippen molar-refractivity contribution in [2.24, 2.45) is 23.3 Å². The van der Waals surface area contributed by atoms with E-state index in [9.17, 15) is 0 Å². The first-order valence-electron chi connectivity index (χ1n) is 9.72. The van der Waals surface area contributed by atoms with Crippen molar-refractivity contribution in [2.45, 2.75) is 107 Å². The summed E-state index contributed by atoms with van der Waals surface area (Å²) in [5, 5.41) is 0. The molecule has 1 saturated heterocycles. The molecule has 2 rings (SSSR count). The zero-order valence-corrected chi connectivity index (χ0v) is 15.7. The van der Waals surface area contributed by atoms with Crippen LogP contribution < -0.4 is 11.5 Å². The Hall–Kier alpha value is 0.270. The van der Waals surface area contributed by atoms with Gasteiger partial charge in [0, 0.05) is 0 Å². The van der Waals surface area contributed by atoms with Gasteiger partial charge in [0.05, 0.1) is 9.74 Å². The second-order valence-corrected chi connectivity index (χ2v) is 9.98. The van der Waals surface area contributed by atoms with Gasteiger partial charge in [0.25, 0.3) is 0 Å². The molecule has 130 valence electrons. The molecule has 0 bridgehead atoms. The van der Waals surface area contributed by atoms with Gasteiger partial charge in [-0.2, -0.15) is 0 Å². The van der Waals surface area contributed by atoms with E-state index in [2.05, 4.69) is 13.8 Å². The molecule has 1 saturated carbocycles. The van der Waals surface area contributed by atoms with Crippen LogP contribution in [-0.2, 0) is 0 Å². The number of hydrogen-bond donors (Lipinski definition) is 2. The Morgan fingerprint density at radius 1 is 0.773 bits per heavy atom. The molecule has 0 amide bonds. The third-order valence-electron chi connectivity index (χ3n) is 6.14. The fourth-order valence-corrected chi connectivity index (χ4v) is 6.07. The largest absolute Gasteiger partial charge is 0.317 e. The zero-order valence-electron chi connectivity index (χ0n) is 14.9. The number of nitrogens with two attached hydrogens (primary N) is 2. The SMILES string of the molecule is CC1CCCCCC(N)(C2CCCCCCCC2)SC1(C)N. The lowest BCUT2D eigenvalue weighted by Gasteiger charge is -2.44. The van der Waals surface area contributed by atoms with Gasteiger partial charge in [0.15, 0.2) is 0 Å². The average Bonchev–Trinajstić information content (AvgIpc) is 2.61. The summed E-state index contributed by atoms with van der Waals surface area (Å²) in [5.41, 5.74) is 13.8. The lowest BCUT2D eigenvalue weighted by Crippen LogP contribution is -2.52. The molecule has 1 heterocycles. The van der Waals surface area contributed by atoms with Crippen LogP contribution in [0.1, 0.15) is 97.3 Å². The Labute approximate surface area is 142 Å². The fourth-order valence-electron chi connectivity index (χ4n) is 4.29. The van der Waals surface area contributed by atoms with Crippen molar-refractivity contribution in [1.82, 2.24) is 0 Å². The van der Waals surface area contributed by atoms with Gasteiger partial charge in [-0.1, -0.05) is 64.7 Å². The van der Waals surface area contributed by atoms with Crippen molar-refractivity contribution in [3.8, 4) is 0 Å². The molecule has 1 aliphatic heterocycles. The summed E-state index contributed by atoms with van der Waals surface area (Å²) >= 11 is 1.93. The standard InChI is InChI=1S/C19H38N2S/c1-16-12-8-7-11-15-19(21,22-18(16,2)20)17-13-9-5-3-4-6-10-14-17/h16-17H,3-15,20-21H2,1-2H3. The van der Waals surface area contributed by atoms with Crippen LogP contribution in [0.15, 0.2) is 0 Å². The summed E-state index contributed by atoms with van der Waals surface area (Å²) in [6.45, 7) is 4.55. The molecular weight excluding hydrogens is 288 g/mol. The highest BCUT2D eigenvalue weighted by atomic mass is 32.2. The Kier molecular flexibility index (Phi) is 7.10. The summed E-state index contributed by atoms with van der Waals surface area (Å²) in [4.78, 5) is -0.288. The molecule has 0 aromatic carbocycles. The second kappa shape index (κ2) is 8.39. The maximum Gasteiger partial charge on any atom is 0.0667 e. The van der Waals surface area contributed by atoms with Crippen molar-refractivity contribution in [2.75, 3.05) is 0 Å². The van der Waals surface area contributed by atoms with Crippen molar-refractivity contribution < 1.29 is 0 Å². The minimum Gasteiger partial charge on any atom is -0.317 e. The van der Waals surface area contributed by atoms with Gasteiger partial charge in [-0.15, -0.1) is 11.8 Å². The van der Waals surface area contributed by atoms with E-state index in [1.807, 2.05) is 11.8 Å². The molecule has 2 nitrogen and oxygen atoms in total. The molecule has 2 aliphatic rings. The third kappa shape index (κ3) is 5.14. The highest BCUT2D eigenvalue weighted by Crippen LogP contribution is 2.47. The van der Waals surface area contributed by atoms with Gasteiger partial charge >= 0.3 is 0 Å². The molecule has 4 N–H and O–H groups in total. The Morgan fingerprint density at radius 3 is 1.91 bits per heavy atom. The molecular formula is C19H38N2S. The Balaban J connectivity index is 2.13. The topological polar surface area (TPSA) is 52.0 Å². The van der Waals surface area contributed by atoms with Crippen LogP contribution in [0.5, 0.6) is 0 Å². The van der Waals surface area contributed by atoms with Crippen LogP contribution in [0.4, 0.5) is 0 Å². The first kappa shape index (κ1) is 18.6. The van der Waals surface area contributed by atoms with E-state index in [0.29, 0.717) is 11.8 Å². The highest BCUT2D eigenvalue weighted by molar-refractivity contribution is 8.01. The summed E-state index contributed by atoms with van der Waals surface area (Å²) < 4.78 is 0. The zero-order chi connectivity index (χ0) is 16.1. The molecule has 3 heteroatoms. The maximum absolute atomic E-state index is 7.06. The molecule has 0 radical (unpaired) electrons. The fraction of sp³-hybridized carbons (Fsp3) is 1.00. The molecule has 3 unspecified atom stereocenters. The minimum absolute atomic E-state index is 0.105. The Morgan fingerprint density at radius 2 is 1.27 bits per heavy atom. The summed E-state index contributed by atoms with van der Waals surface area (Å²) in [5.74, 6) is 1.21. The first-order valence-corrected chi connectivity index (χ1v) is 10.5. The second-order valence-electron chi connectivity index (χ2n) is 8.14. The molecule has 22 heavy (non-hydrogen) atoms. The normalized spacial score (nSPS) is 40.6. The van der Waals surface area contributed by atoms with Gasteiger partial charge in [-0.05, 0) is 44.4 Å². The molecule has 0 aromatic rings. The summed E-state index contributed by atoms with van der Waals surface area (Å²) in [6, 6.07) is 0. The van der Waals surface area contributed by atoms with Crippen molar-refractivity contribution in [3.05, 3.63) is 0 Å². The van der Waals surface area contributed by atoms with Crippen molar-refractivity contribution in [3.63, 3.8) is 0 Å². The molecule has 3 atom stereocenters. The van der Waals surface area contributed by atoms with Crippen molar-refractivity contribution >= 4 is 11.8 Å². The minimum atomic E-state index is -0.183. The maximum atomic E-state index is 7.06. The third-order valence-corrected chi connectivity index (χ3v) is 7.90. The van der Waals surface area contributed by atoms with Crippen LogP contribution in [0.3, 0.4) is 0 Å². The highest BCUT2D eigenvalue weighted by Gasteiger charge is 2.42. The van der Waals surface area contributed by atoms with E-state index in [1.54, 1.807) is 0 Å². The summed E-state index contributed by atoms with van der Waals surface area (Å²) in [7, 11) is 0. The Bertz CT molecular complexity index is 321. The lowest BCUT2D eigenvalue weighted by molar-refractivity contribution is 0.302. The number of rotatable bonds is 1. The van der Waals surface area contributed by atoms with Gasteiger partial charge in [-0.25, -0.2) is 0 Å². The van der Waals surface area contributed by atoms with E-state index in [0.717, 1.165) is 6.42 Å². The van der Waals surface area contributed by atoms with E-state index in [1.165, 1.54) is 77.0 Å². The van der Waals surface area contributed by atoms with Crippen LogP contribution >= 0.6 is 11.8 Å². The monoisotopic (exact) mass is 326 g/mol. The van der Waals surface area contributed by atoms with Gasteiger partial charge in [0.1, 0.15) is 0 Å². The smallest absolute Gasteiger partial charge is 0.0667 e. The van der Waals surface area contributed by atoms with Gasteiger partial charge < -0.3 is 11.5 Å². The van der Waals surface area contributed by atoms with Crippen LogP contribution in [-0.4, -0.2) is 9.74 Å². The van der Waals surface area contributed by atoms with Crippen molar-refractivity contribution in [1.29, 1.82) is 0 Å². The molecule has 0 aromatic heterocycles. The van der Waals surface area contributed by atoms with E-state index in [-0.39, 0.29) is 9.74 Å². The number of hydrogen-bond acceptors (Lipinski definition) is 3. The molecule has 2 fully saturated rings. The summed E-state index contributed by atoms with van der Waals surface area (Å²) in [6.07, 6.45) is 17.3. The average molecular weight is 327 g/mol. The number of thioether (sulfide) groups is 1. The molecule has 1 aliphatic carbocycles. The van der Waals surface area contributed by atoms with Crippen LogP contribution in [0.2, 0.25) is 0 Å². The predicted octanol–water partition coefficient (Wildman–Crippen LogP) is 5.40. The van der Waals surface area contributed by atoms with Gasteiger partial charge in [-0.3, -0.25) is 0 Å². The lowest BCUT2D eigenvalue weighted by atomic mass is 9.86. The molecule has 0 spiro atoms. The quantitative estimate of drug-likeness (QED) is 0.678. The van der Waals surface area contributed by atoms with Crippen LogP contribution in [0.25, 0.3) is 0 Å². The van der Waals surface area contributed by atoms with E-state index >= 15 is 0 Å². The van der Waals surface area contributed by atoms with E-state index < -0.39 is 0 Å². The van der Waals surface area contributed by atoms with Gasteiger partial charge in [0.2, 0.25) is 0 Å². The van der Waals surface area contributed by atoms with E-state index in [4.69, 9.17) is 11.5 Å². The van der Waals surface area contributed by atoms with Crippen LogP contribution in [0, 0.1) is 11.8 Å². The predicted molar refractivity (Wildman–Crippen MR) is 99.8 cm³/mol.